The molecule has 0 aliphatic heterocycles. The maximum atomic E-state index is 11.8. The smallest absolute Gasteiger partial charge is 0.391 e. The van der Waals surface area contributed by atoms with Crippen LogP contribution in [0.3, 0.4) is 0 Å². The molecule has 92 valence electrons. The van der Waals surface area contributed by atoms with E-state index >= 15 is 0 Å². The van der Waals surface area contributed by atoms with Crippen LogP contribution in [-0.2, 0) is 13.6 Å². The number of rotatable bonds is 7. The van der Waals surface area contributed by atoms with Gasteiger partial charge in [-0.15, -0.1) is 0 Å². The first-order valence-electron chi connectivity index (χ1n) is 4.68. The second-order valence-corrected chi connectivity index (χ2v) is 5.45. The lowest BCUT2D eigenvalue weighted by atomic mass is 10.4. The highest BCUT2D eigenvalue weighted by molar-refractivity contribution is 6.45. The van der Waals surface area contributed by atoms with Gasteiger partial charge in [0.05, 0.1) is 18.8 Å². The fourth-order valence-corrected chi connectivity index (χ4v) is 2.59. The van der Waals surface area contributed by atoms with Crippen LogP contribution in [0.1, 0.15) is 19.8 Å². The highest BCUT2D eigenvalue weighted by atomic mass is 28.3. The minimum atomic E-state index is -4.17. The van der Waals surface area contributed by atoms with Crippen LogP contribution in [-0.4, -0.2) is 42.0 Å². The molecule has 0 spiro atoms. The molecule has 0 aromatic rings. The van der Waals surface area contributed by atoms with Crippen molar-refractivity contribution in [2.75, 3.05) is 20.8 Å². The molecule has 0 saturated carbocycles. The Morgan fingerprint density at radius 2 is 1.73 bits per heavy atom. The van der Waals surface area contributed by atoms with Crippen molar-refractivity contribution in [3.63, 3.8) is 0 Å². The molecule has 15 heavy (non-hydrogen) atoms. The molecular weight excluding hydrogens is 229 g/mol. The summed E-state index contributed by atoms with van der Waals surface area (Å²) in [4.78, 5) is 0. The van der Waals surface area contributed by atoms with Crippen molar-refractivity contribution in [2.24, 2.45) is 0 Å². The number of ether oxygens (including phenoxy) is 1. The second-order valence-electron chi connectivity index (χ2n) is 3.02. The molecule has 0 heterocycles. The Bertz CT molecular complexity index is 162. The van der Waals surface area contributed by atoms with Crippen molar-refractivity contribution in [1.29, 1.82) is 0 Å². The summed E-state index contributed by atoms with van der Waals surface area (Å²) in [6, 6.07) is 0. The Labute approximate surface area is 89.4 Å². The Balaban J connectivity index is 3.89. The third-order valence-electron chi connectivity index (χ3n) is 1.89. The van der Waals surface area contributed by atoms with E-state index in [0.29, 0.717) is 6.42 Å². The normalized spacial score (nSPS) is 14.6. The van der Waals surface area contributed by atoms with Gasteiger partial charge in [-0.1, -0.05) is 6.92 Å². The average molecular weight is 246 g/mol. The van der Waals surface area contributed by atoms with Gasteiger partial charge in [0, 0.05) is 14.2 Å². The molecule has 0 rings (SSSR count). The van der Waals surface area contributed by atoms with Gasteiger partial charge in [-0.05, 0) is 6.42 Å². The maximum absolute atomic E-state index is 11.8. The highest BCUT2D eigenvalue weighted by Crippen LogP contribution is 2.19. The lowest BCUT2D eigenvalue weighted by molar-refractivity contribution is -0.147. The molecule has 3 nitrogen and oxygen atoms in total. The van der Waals surface area contributed by atoms with Gasteiger partial charge >= 0.3 is 15.5 Å². The van der Waals surface area contributed by atoms with E-state index in [0.717, 1.165) is 0 Å². The largest absolute Gasteiger partial charge is 0.398 e. The zero-order valence-corrected chi connectivity index (χ0v) is 10.3. The zero-order chi connectivity index (χ0) is 11.9. The molecule has 0 radical (unpaired) electrons. The van der Waals surface area contributed by atoms with Crippen LogP contribution in [0.15, 0.2) is 0 Å². The van der Waals surface area contributed by atoms with Crippen molar-refractivity contribution >= 4 is 9.28 Å². The van der Waals surface area contributed by atoms with Gasteiger partial charge in [-0.3, -0.25) is 0 Å². The SMILES string of the molecule is CCC(OCCC(F)(F)F)[SiH](OC)OC. The zero-order valence-electron chi connectivity index (χ0n) is 9.13. The molecular formula is C8H17F3O3Si. The van der Waals surface area contributed by atoms with Gasteiger partial charge in [0.15, 0.2) is 0 Å². The third-order valence-corrected chi connectivity index (χ3v) is 4.09. The van der Waals surface area contributed by atoms with Gasteiger partial charge in [-0.2, -0.15) is 13.2 Å². The molecule has 0 aliphatic carbocycles. The molecule has 0 aromatic carbocycles. The number of halogens is 3. The van der Waals surface area contributed by atoms with Crippen molar-refractivity contribution < 1.29 is 26.8 Å². The van der Waals surface area contributed by atoms with E-state index in [2.05, 4.69) is 0 Å². The van der Waals surface area contributed by atoms with Gasteiger partial charge in [0.25, 0.3) is 0 Å². The van der Waals surface area contributed by atoms with Crippen LogP contribution in [0, 0.1) is 0 Å². The Hall–Kier alpha value is -0.113. The Morgan fingerprint density at radius 1 is 1.20 bits per heavy atom. The standard InChI is InChI=1S/C8H17F3O3Si/c1-4-7(15(12-2)13-3)14-6-5-8(9,10)11/h7,15H,4-6H2,1-3H3. The third kappa shape index (κ3) is 6.88. The molecule has 0 bridgehead atoms. The highest BCUT2D eigenvalue weighted by Gasteiger charge is 2.29. The van der Waals surface area contributed by atoms with E-state index in [1.165, 1.54) is 14.2 Å². The summed E-state index contributed by atoms with van der Waals surface area (Å²) in [5, 5.41) is 0. The van der Waals surface area contributed by atoms with Crippen molar-refractivity contribution in [2.45, 2.75) is 31.7 Å². The van der Waals surface area contributed by atoms with Crippen molar-refractivity contribution in [3.8, 4) is 0 Å². The Morgan fingerprint density at radius 3 is 2.07 bits per heavy atom. The van der Waals surface area contributed by atoms with Crippen LogP contribution < -0.4 is 0 Å². The van der Waals surface area contributed by atoms with E-state index in [-0.39, 0.29) is 12.3 Å². The maximum Gasteiger partial charge on any atom is 0.391 e. The summed E-state index contributed by atoms with van der Waals surface area (Å²) >= 11 is 0. The summed E-state index contributed by atoms with van der Waals surface area (Å²) < 4.78 is 50.7. The van der Waals surface area contributed by atoms with Crippen LogP contribution >= 0.6 is 0 Å². The molecule has 0 aromatic heterocycles. The lowest BCUT2D eigenvalue weighted by Crippen LogP contribution is -2.37. The molecule has 1 atom stereocenters. The minimum absolute atomic E-state index is 0.331. The summed E-state index contributed by atoms with van der Waals surface area (Å²) in [5.41, 5.74) is -0.331. The van der Waals surface area contributed by atoms with E-state index < -0.39 is 21.9 Å². The Kier molecular flexibility index (Phi) is 7.15. The molecule has 0 aliphatic rings. The van der Waals surface area contributed by atoms with Gasteiger partial charge in [0.1, 0.15) is 0 Å². The van der Waals surface area contributed by atoms with E-state index in [9.17, 15) is 13.2 Å². The molecule has 0 amide bonds. The number of hydrogen-bond acceptors (Lipinski definition) is 3. The fraction of sp³-hybridized carbons (Fsp3) is 1.00. The summed E-state index contributed by atoms with van der Waals surface area (Å²) in [5.74, 6) is 0. The van der Waals surface area contributed by atoms with Crippen LogP contribution in [0.5, 0.6) is 0 Å². The first kappa shape index (κ1) is 14.9. The minimum Gasteiger partial charge on any atom is -0.398 e. The summed E-state index contributed by atoms with van der Waals surface area (Å²) in [6.07, 6.45) is -4.51. The number of alkyl halides is 3. The monoisotopic (exact) mass is 246 g/mol. The first-order chi connectivity index (χ1) is 6.94. The van der Waals surface area contributed by atoms with Gasteiger partial charge < -0.3 is 13.6 Å². The van der Waals surface area contributed by atoms with E-state index in [1.54, 1.807) is 0 Å². The molecule has 0 N–H and O–H groups in total. The van der Waals surface area contributed by atoms with Crippen molar-refractivity contribution in [1.82, 2.24) is 0 Å². The van der Waals surface area contributed by atoms with Crippen LogP contribution in [0.2, 0.25) is 0 Å². The predicted octanol–water partition coefficient (Wildman–Crippen LogP) is 1.79. The average Bonchev–Trinajstić information content (AvgIpc) is 2.15. The molecule has 1 unspecified atom stereocenters. The second kappa shape index (κ2) is 7.21. The first-order valence-corrected chi connectivity index (χ1v) is 6.29. The molecule has 7 heteroatoms. The summed E-state index contributed by atoms with van der Waals surface area (Å²) in [6.45, 7) is 1.49. The molecule has 0 fully saturated rings. The molecule has 0 saturated heterocycles. The van der Waals surface area contributed by atoms with Gasteiger partial charge in [-0.25, -0.2) is 0 Å². The van der Waals surface area contributed by atoms with Crippen LogP contribution in [0.4, 0.5) is 13.2 Å². The number of hydrogen-bond donors (Lipinski definition) is 0. The van der Waals surface area contributed by atoms with Crippen LogP contribution in [0.25, 0.3) is 0 Å². The van der Waals surface area contributed by atoms with E-state index in [4.69, 9.17) is 13.6 Å². The van der Waals surface area contributed by atoms with E-state index in [1.807, 2.05) is 6.92 Å². The predicted molar refractivity (Wildman–Crippen MR) is 51.9 cm³/mol. The van der Waals surface area contributed by atoms with Gasteiger partial charge in [0.2, 0.25) is 0 Å². The quantitative estimate of drug-likeness (QED) is 0.641. The fourth-order valence-electron chi connectivity index (χ4n) is 1.11. The van der Waals surface area contributed by atoms with Crippen molar-refractivity contribution in [3.05, 3.63) is 0 Å². The topological polar surface area (TPSA) is 27.7 Å². The lowest BCUT2D eigenvalue weighted by Gasteiger charge is -2.22. The summed E-state index contributed by atoms with van der Waals surface area (Å²) in [7, 11) is 0.982.